The van der Waals surface area contributed by atoms with Gasteiger partial charge in [-0.25, -0.2) is 0 Å². The third-order valence-electron chi connectivity index (χ3n) is 5.82. The number of rotatable bonds is 6. The lowest BCUT2D eigenvalue weighted by Crippen LogP contribution is -2.50. The summed E-state index contributed by atoms with van der Waals surface area (Å²) in [5.74, 6) is 0.208. The second-order valence-electron chi connectivity index (χ2n) is 7.97. The molecule has 2 fully saturated rings. The Morgan fingerprint density at radius 3 is 2.52 bits per heavy atom. The quantitative estimate of drug-likeness (QED) is 0.836. The molecule has 3 rings (SSSR count). The number of amides is 2. The summed E-state index contributed by atoms with van der Waals surface area (Å²) >= 11 is 0. The maximum Gasteiger partial charge on any atom is 0.227 e. The van der Waals surface area contributed by atoms with Gasteiger partial charge in [-0.15, -0.1) is 0 Å². The normalized spacial score (nSPS) is 21.8. The fourth-order valence-electron chi connectivity index (χ4n) is 4.24. The summed E-state index contributed by atoms with van der Waals surface area (Å²) in [6.45, 7) is 6.84. The lowest BCUT2D eigenvalue weighted by molar-refractivity contribution is -0.135. The number of hydrogen-bond acceptors (Lipinski definition) is 3. The number of likely N-dealkylation sites (tertiary alicyclic amines) is 2. The summed E-state index contributed by atoms with van der Waals surface area (Å²) in [5.41, 5.74) is 1.04. The van der Waals surface area contributed by atoms with Crippen LogP contribution in [0.1, 0.15) is 44.6 Å². The second-order valence-corrected chi connectivity index (χ2v) is 7.97. The number of nitrogens with one attached hydrogen (secondary N) is 1. The topological polar surface area (TPSA) is 52.7 Å². The van der Waals surface area contributed by atoms with Gasteiger partial charge in [-0.1, -0.05) is 37.3 Å². The molecule has 0 bridgehead atoms. The van der Waals surface area contributed by atoms with Gasteiger partial charge in [0, 0.05) is 32.2 Å². The van der Waals surface area contributed by atoms with Crippen molar-refractivity contribution in [2.24, 2.45) is 5.92 Å². The van der Waals surface area contributed by atoms with Gasteiger partial charge in [-0.05, 0) is 44.2 Å². The molecule has 1 aromatic carbocycles. The van der Waals surface area contributed by atoms with Crippen LogP contribution >= 0.6 is 0 Å². The van der Waals surface area contributed by atoms with Gasteiger partial charge in [0.05, 0.1) is 12.3 Å². The zero-order valence-corrected chi connectivity index (χ0v) is 16.5. The van der Waals surface area contributed by atoms with E-state index in [-0.39, 0.29) is 17.7 Å². The molecule has 1 atom stereocenters. The molecular weight excluding hydrogens is 338 g/mol. The predicted molar refractivity (Wildman–Crippen MR) is 107 cm³/mol. The van der Waals surface area contributed by atoms with Crippen molar-refractivity contribution in [3.63, 3.8) is 0 Å². The van der Waals surface area contributed by atoms with Crippen molar-refractivity contribution in [3.8, 4) is 0 Å². The van der Waals surface area contributed by atoms with E-state index < -0.39 is 0 Å². The van der Waals surface area contributed by atoms with Gasteiger partial charge in [0.25, 0.3) is 0 Å². The SMILES string of the molecule is CCCN1CCC(NC(=O)C2CCCN(C(=O)Cc3ccccc3)C2)CC1. The van der Waals surface area contributed by atoms with E-state index >= 15 is 0 Å². The zero-order valence-electron chi connectivity index (χ0n) is 16.5. The summed E-state index contributed by atoms with van der Waals surface area (Å²) in [6, 6.07) is 10.1. The molecule has 27 heavy (non-hydrogen) atoms. The maximum absolute atomic E-state index is 12.7. The third-order valence-corrected chi connectivity index (χ3v) is 5.82. The minimum Gasteiger partial charge on any atom is -0.353 e. The zero-order chi connectivity index (χ0) is 19.1. The van der Waals surface area contributed by atoms with Crippen molar-refractivity contribution < 1.29 is 9.59 Å². The first-order valence-electron chi connectivity index (χ1n) is 10.5. The summed E-state index contributed by atoms with van der Waals surface area (Å²) in [5, 5.41) is 3.26. The first kappa shape index (κ1) is 19.9. The lowest BCUT2D eigenvalue weighted by Gasteiger charge is -2.35. The highest BCUT2D eigenvalue weighted by molar-refractivity contribution is 5.82. The number of nitrogens with zero attached hydrogens (tertiary/aromatic N) is 2. The number of hydrogen-bond donors (Lipinski definition) is 1. The van der Waals surface area contributed by atoms with E-state index in [9.17, 15) is 9.59 Å². The molecule has 1 unspecified atom stereocenters. The van der Waals surface area contributed by atoms with Crippen molar-refractivity contribution in [3.05, 3.63) is 35.9 Å². The van der Waals surface area contributed by atoms with Gasteiger partial charge >= 0.3 is 0 Å². The Labute approximate surface area is 163 Å². The number of piperidine rings is 2. The van der Waals surface area contributed by atoms with Crippen LogP contribution in [0.4, 0.5) is 0 Å². The molecule has 2 heterocycles. The third kappa shape index (κ3) is 5.80. The molecule has 0 aromatic heterocycles. The Morgan fingerprint density at radius 1 is 1.07 bits per heavy atom. The van der Waals surface area contributed by atoms with E-state index in [1.165, 1.54) is 6.42 Å². The van der Waals surface area contributed by atoms with E-state index in [4.69, 9.17) is 0 Å². The lowest BCUT2D eigenvalue weighted by atomic mass is 9.95. The van der Waals surface area contributed by atoms with Crippen LogP contribution in [0.2, 0.25) is 0 Å². The first-order chi connectivity index (χ1) is 13.2. The van der Waals surface area contributed by atoms with Gasteiger partial charge in [0.1, 0.15) is 0 Å². The average Bonchev–Trinajstić information content (AvgIpc) is 2.70. The molecule has 0 aliphatic carbocycles. The standard InChI is InChI=1S/C22H33N3O2/c1-2-12-24-14-10-20(11-15-24)23-22(27)19-9-6-13-25(17-19)21(26)16-18-7-4-3-5-8-18/h3-5,7-8,19-20H,2,6,9-17H2,1H3,(H,23,27). The monoisotopic (exact) mass is 371 g/mol. The van der Waals surface area contributed by atoms with Crippen LogP contribution in [0.25, 0.3) is 0 Å². The van der Waals surface area contributed by atoms with Gasteiger partial charge in [-0.2, -0.15) is 0 Å². The minimum absolute atomic E-state index is 0.0628. The number of carbonyl (C=O) groups is 2. The van der Waals surface area contributed by atoms with Crippen LogP contribution in [-0.4, -0.2) is 60.4 Å². The molecule has 1 N–H and O–H groups in total. The maximum atomic E-state index is 12.7. The smallest absolute Gasteiger partial charge is 0.227 e. The molecule has 5 nitrogen and oxygen atoms in total. The Balaban J connectivity index is 1.46. The van der Waals surface area contributed by atoms with E-state index in [1.54, 1.807) is 0 Å². The summed E-state index contributed by atoms with van der Waals surface area (Å²) < 4.78 is 0. The predicted octanol–water partition coefficient (Wildman–Crippen LogP) is 2.46. The molecule has 1 aromatic rings. The Morgan fingerprint density at radius 2 is 1.81 bits per heavy atom. The molecule has 0 saturated carbocycles. The van der Waals surface area contributed by atoms with Gasteiger partial charge in [0.15, 0.2) is 0 Å². The Hall–Kier alpha value is -1.88. The van der Waals surface area contributed by atoms with Crippen molar-refractivity contribution in [2.75, 3.05) is 32.7 Å². The van der Waals surface area contributed by atoms with E-state index in [1.807, 2.05) is 35.2 Å². The second kappa shape index (κ2) is 9.88. The van der Waals surface area contributed by atoms with Crippen LogP contribution in [0.3, 0.4) is 0 Å². The summed E-state index contributed by atoms with van der Waals surface area (Å²) in [7, 11) is 0. The molecule has 2 aliphatic heterocycles. The van der Waals surface area contributed by atoms with Crippen molar-refractivity contribution in [2.45, 2.75) is 51.5 Å². The minimum atomic E-state index is -0.0628. The van der Waals surface area contributed by atoms with Gasteiger partial charge in [-0.3, -0.25) is 9.59 Å². The average molecular weight is 372 g/mol. The Bertz CT molecular complexity index is 611. The number of carbonyl (C=O) groups excluding carboxylic acids is 2. The van der Waals surface area contributed by atoms with Gasteiger partial charge < -0.3 is 15.1 Å². The molecule has 2 aliphatic rings. The van der Waals surface area contributed by atoms with E-state index in [0.717, 1.165) is 57.4 Å². The van der Waals surface area contributed by atoms with Crippen molar-refractivity contribution >= 4 is 11.8 Å². The highest BCUT2D eigenvalue weighted by Crippen LogP contribution is 2.19. The van der Waals surface area contributed by atoms with Crippen LogP contribution in [0.5, 0.6) is 0 Å². The largest absolute Gasteiger partial charge is 0.353 e. The molecule has 148 valence electrons. The molecule has 5 heteroatoms. The van der Waals surface area contributed by atoms with Crippen LogP contribution in [0, 0.1) is 5.92 Å². The van der Waals surface area contributed by atoms with Gasteiger partial charge in [0.2, 0.25) is 11.8 Å². The van der Waals surface area contributed by atoms with Crippen molar-refractivity contribution in [1.82, 2.24) is 15.1 Å². The summed E-state index contributed by atoms with van der Waals surface area (Å²) in [4.78, 5) is 29.7. The van der Waals surface area contributed by atoms with E-state index in [0.29, 0.717) is 19.0 Å². The molecule has 0 spiro atoms. The fourth-order valence-corrected chi connectivity index (χ4v) is 4.24. The highest BCUT2D eigenvalue weighted by atomic mass is 16.2. The summed E-state index contributed by atoms with van der Waals surface area (Å²) in [6.07, 6.45) is 5.48. The number of benzene rings is 1. The molecule has 2 amide bonds. The van der Waals surface area contributed by atoms with Crippen LogP contribution in [-0.2, 0) is 16.0 Å². The highest BCUT2D eigenvalue weighted by Gasteiger charge is 2.30. The Kier molecular flexibility index (Phi) is 7.27. The molecule has 0 radical (unpaired) electrons. The van der Waals surface area contributed by atoms with Crippen LogP contribution in [0.15, 0.2) is 30.3 Å². The van der Waals surface area contributed by atoms with Crippen LogP contribution < -0.4 is 5.32 Å². The molecule has 2 saturated heterocycles. The van der Waals surface area contributed by atoms with E-state index in [2.05, 4.69) is 17.1 Å². The fraction of sp³-hybridized carbons (Fsp3) is 0.636. The first-order valence-corrected chi connectivity index (χ1v) is 10.5. The van der Waals surface area contributed by atoms with Crippen molar-refractivity contribution in [1.29, 1.82) is 0 Å². The molecular formula is C22H33N3O2.